The van der Waals surface area contributed by atoms with Crippen LogP contribution in [0.2, 0.25) is 0 Å². The number of hydrogen-bond donors (Lipinski definition) is 3. The van der Waals surface area contributed by atoms with E-state index in [1.165, 1.54) is 6.08 Å². The molecule has 7 heteroatoms. The second-order valence-electron chi connectivity index (χ2n) is 7.36. The van der Waals surface area contributed by atoms with Crippen molar-refractivity contribution in [3.63, 3.8) is 0 Å². The minimum atomic E-state index is -1.09. The molecule has 3 N–H and O–H groups in total. The normalized spacial score (nSPS) is 13.5. The number of allylic oxidation sites excluding steroid dienone is 2. The largest absolute Gasteiger partial charge is 0.457 e. The lowest BCUT2D eigenvalue weighted by molar-refractivity contribution is -0.117. The van der Waals surface area contributed by atoms with E-state index in [1.807, 2.05) is 31.2 Å². The fourth-order valence-corrected chi connectivity index (χ4v) is 3.25. The molecule has 0 spiro atoms. The molecule has 1 amide bonds. The second-order valence-corrected chi connectivity index (χ2v) is 7.36. The monoisotopic (exact) mass is 449 g/mol. The van der Waals surface area contributed by atoms with Gasteiger partial charge in [-0.15, -0.1) is 0 Å². The third-order valence-corrected chi connectivity index (χ3v) is 5.14. The molecule has 1 aromatic heterocycles. The fourth-order valence-electron chi connectivity index (χ4n) is 3.25. The Morgan fingerprint density at radius 1 is 1.30 bits per heavy atom. The first kappa shape index (κ1) is 25.7. The number of carbonyl (C=O) groups is 1. The summed E-state index contributed by atoms with van der Waals surface area (Å²) in [6.45, 7) is 11.6. The van der Waals surface area contributed by atoms with E-state index in [9.17, 15) is 15.2 Å². The molecule has 2 aromatic rings. The third-order valence-electron chi connectivity index (χ3n) is 5.14. The maximum Gasteiger partial charge on any atom is 0.262 e. The van der Waals surface area contributed by atoms with Crippen molar-refractivity contribution in [3.05, 3.63) is 63.9 Å². The van der Waals surface area contributed by atoms with Gasteiger partial charge in [-0.2, -0.15) is 5.26 Å². The molecule has 1 unspecified atom stereocenters. The second kappa shape index (κ2) is 12.4. The summed E-state index contributed by atoms with van der Waals surface area (Å²) in [7, 11) is 0. The van der Waals surface area contributed by atoms with Crippen LogP contribution >= 0.6 is 0 Å². The van der Waals surface area contributed by atoms with Crippen LogP contribution in [0, 0.1) is 11.3 Å². The van der Waals surface area contributed by atoms with E-state index in [1.54, 1.807) is 12.1 Å². The summed E-state index contributed by atoms with van der Waals surface area (Å²) in [5, 5.41) is 31.7. The van der Waals surface area contributed by atoms with Gasteiger partial charge in [-0.3, -0.25) is 4.79 Å². The van der Waals surface area contributed by atoms with Crippen LogP contribution in [0.15, 0.2) is 52.1 Å². The number of benzene rings is 1. The molecule has 2 rings (SSSR count). The van der Waals surface area contributed by atoms with E-state index in [0.29, 0.717) is 11.5 Å². The molecule has 0 aliphatic carbocycles. The minimum Gasteiger partial charge on any atom is -0.457 e. The van der Waals surface area contributed by atoms with Gasteiger partial charge in [-0.1, -0.05) is 24.8 Å². The molecule has 33 heavy (non-hydrogen) atoms. The zero-order chi connectivity index (χ0) is 24.4. The van der Waals surface area contributed by atoms with Crippen molar-refractivity contribution in [2.24, 2.45) is 0 Å². The fraction of sp³-hybridized carbons (Fsp3) is 0.308. The number of amides is 1. The lowest BCUT2D eigenvalue weighted by atomic mass is 10.1. The number of nitrogens with zero attached hydrogens (tertiary/aromatic N) is 2. The van der Waals surface area contributed by atoms with E-state index in [0.717, 1.165) is 34.8 Å². The Hall–Kier alpha value is -3.60. The van der Waals surface area contributed by atoms with Gasteiger partial charge in [0.15, 0.2) is 0 Å². The third kappa shape index (κ3) is 6.94. The number of aliphatic hydroxyl groups is 2. The van der Waals surface area contributed by atoms with Crippen LogP contribution in [0.25, 0.3) is 30.1 Å². The molecule has 0 bridgehead atoms. The van der Waals surface area contributed by atoms with Crippen LogP contribution < -0.4 is 15.8 Å². The number of hydrogen-bond acceptors (Lipinski definition) is 6. The van der Waals surface area contributed by atoms with Crippen LogP contribution in [0.3, 0.4) is 0 Å². The molecule has 0 saturated heterocycles. The first-order valence-electron chi connectivity index (χ1n) is 10.9. The molecule has 0 fully saturated rings. The highest BCUT2D eigenvalue weighted by molar-refractivity contribution is 6.01. The summed E-state index contributed by atoms with van der Waals surface area (Å²) in [6, 6.07) is 11.1. The highest BCUT2D eigenvalue weighted by Gasteiger charge is 2.12. The van der Waals surface area contributed by atoms with Crippen molar-refractivity contribution < 1.29 is 19.4 Å². The number of nitriles is 1. The molecule has 7 nitrogen and oxygen atoms in total. The predicted octanol–water partition coefficient (Wildman–Crippen LogP) is 1.76. The Kier molecular flexibility index (Phi) is 9.67. The van der Waals surface area contributed by atoms with Gasteiger partial charge >= 0.3 is 0 Å². The molecule has 1 heterocycles. The van der Waals surface area contributed by atoms with Gasteiger partial charge in [0.1, 0.15) is 23.2 Å². The van der Waals surface area contributed by atoms with Gasteiger partial charge in [0.25, 0.3) is 5.91 Å². The van der Waals surface area contributed by atoms with E-state index in [4.69, 9.17) is 9.52 Å². The van der Waals surface area contributed by atoms with Gasteiger partial charge in [-0.05, 0) is 55.5 Å². The van der Waals surface area contributed by atoms with Crippen molar-refractivity contribution in [2.45, 2.75) is 26.9 Å². The molecule has 0 radical (unpaired) electrons. The number of carbonyl (C=O) groups excluding carboxylic acids is 1. The SMILES string of the molecule is C=c1cc(-c2ccc(/C=C(\C#N)C(=O)NCC(O)CO)o2)cc/c1=C/C(=C\C)N(CC)CC. The van der Waals surface area contributed by atoms with Crippen LogP contribution in [-0.4, -0.2) is 53.4 Å². The van der Waals surface area contributed by atoms with Crippen LogP contribution in [-0.2, 0) is 4.79 Å². The van der Waals surface area contributed by atoms with Gasteiger partial charge in [0.05, 0.1) is 12.7 Å². The average molecular weight is 450 g/mol. The lowest BCUT2D eigenvalue weighted by Crippen LogP contribution is -2.34. The molecule has 0 aliphatic heterocycles. The summed E-state index contributed by atoms with van der Waals surface area (Å²) < 4.78 is 5.81. The maximum absolute atomic E-state index is 12.1. The molecule has 0 saturated carbocycles. The van der Waals surface area contributed by atoms with Crippen LogP contribution in [0.5, 0.6) is 0 Å². The molecule has 1 atom stereocenters. The van der Waals surface area contributed by atoms with Crippen LogP contribution in [0.4, 0.5) is 0 Å². The standard InChI is InChI=1S/C26H31N3O4/c1-5-22(29(6-2)7-3)13-19-8-9-20(12-18(19)4)25-11-10-24(33-25)14-21(15-27)26(32)28-16-23(31)17-30/h5,8-14,23,30-31H,4,6-7,16-17H2,1-3H3,(H,28,32)/b19-13-,21-14+,22-5+. The molecule has 174 valence electrons. The number of aliphatic hydroxyl groups excluding tert-OH is 2. The van der Waals surface area contributed by atoms with Crippen molar-refractivity contribution in [2.75, 3.05) is 26.2 Å². The average Bonchev–Trinajstić information content (AvgIpc) is 3.30. The Labute approximate surface area is 194 Å². The van der Waals surface area contributed by atoms with E-state index < -0.39 is 18.6 Å². The van der Waals surface area contributed by atoms with Crippen molar-refractivity contribution >= 4 is 24.6 Å². The van der Waals surface area contributed by atoms with Gasteiger partial charge in [0.2, 0.25) is 0 Å². The highest BCUT2D eigenvalue weighted by Crippen LogP contribution is 2.22. The number of nitrogens with one attached hydrogen (secondary N) is 1. The molecule has 1 aromatic carbocycles. The van der Waals surface area contributed by atoms with Crippen LogP contribution in [0.1, 0.15) is 26.5 Å². The smallest absolute Gasteiger partial charge is 0.262 e. The zero-order valence-corrected chi connectivity index (χ0v) is 19.3. The Morgan fingerprint density at radius 3 is 2.61 bits per heavy atom. The Balaban J connectivity index is 2.26. The summed E-state index contributed by atoms with van der Waals surface area (Å²) in [5.74, 6) is 0.273. The van der Waals surface area contributed by atoms with E-state index >= 15 is 0 Å². The highest BCUT2D eigenvalue weighted by atomic mass is 16.3. The van der Waals surface area contributed by atoms with Gasteiger partial charge in [-0.25, -0.2) is 0 Å². The number of rotatable bonds is 10. The quantitative estimate of drug-likeness (QED) is 0.377. The molecule has 0 aliphatic rings. The van der Waals surface area contributed by atoms with Gasteiger partial charge < -0.3 is 24.8 Å². The summed E-state index contributed by atoms with van der Waals surface area (Å²) in [6.07, 6.45) is 4.44. The van der Waals surface area contributed by atoms with Crippen molar-refractivity contribution in [3.8, 4) is 17.4 Å². The Bertz CT molecular complexity index is 1170. The summed E-state index contributed by atoms with van der Waals surface area (Å²) in [4.78, 5) is 14.4. The molecular weight excluding hydrogens is 418 g/mol. The predicted molar refractivity (Wildman–Crippen MR) is 130 cm³/mol. The minimum absolute atomic E-state index is 0.156. The summed E-state index contributed by atoms with van der Waals surface area (Å²) in [5.41, 5.74) is 1.80. The first-order chi connectivity index (χ1) is 15.9. The summed E-state index contributed by atoms with van der Waals surface area (Å²) >= 11 is 0. The first-order valence-corrected chi connectivity index (χ1v) is 10.9. The zero-order valence-electron chi connectivity index (χ0n) is 19.3. The topological polar surface area (TPSA) is 110 Å². The Morgan fingerprint density at radius 2 is 2.03 bits per heavy atom. The van der Waals surface area contributed by atoms with E-state index in [2.05, 4.69) is 42.8 Å². The van der Waals surface area contributed by atoms with E-state index in [-0.39, 0.29) is 12.1 Å². The van der Waals surface area contributed by atoms with Gasteiger partial charge in [0, 0.05) is 37.0 Å². The maximum atomic E-state index is 12.1. The van der Waals surface area contributed by atoms with Crippen molar-refractivity contribution in [1.82, 2.24) is 10.2 Å². The van der Waals surface area contributed by atoms with Crippen molar-refractivity contribution in [1.29, 1.82) is 5.26 Å². The molecular formula is C26H31N3O4. The lowest BCUT2D eigenvalue weighted by Gasteiger charge is -2.21. The number of furan rings is 1.